The molecule has 0 saturated heterocycles. The minimum atomic E-state index is -1.31. The largest absolute Gasteiger partial charge is 0.512 e. The number of nitro benzene ring substituents is 1. The van der Waals surface area contributed by atoms with E-state index in [0.717, 1.165) is 0 Å². The van der Waals surface area contributed by atoms with Gasteiger partial charge in [-0.15, -0.1) is 0 Å². The van der Waals surface area contributed by atoms with E-state index in [2.05, 4.69) is 0 Å². The number of Topliss-reactive ketones (excluding diaryl/α,β-unsaturated/α-hetero) is 3. The minimum Gasteiger partial charge on any atom is -0.512 e. The number of rotatable bonds is 4. The van der Waals surface area contributed by atoms with E-state index < -0.39 is 50.6 Å². The molecule has 1 aromatic rings. The summed E-state index contributed by atoms with van der Waals surface area (Å²) < 4.78 is 10.7. The van der Waals surface area contributed by atoms with E-state index in [4.69, 9.17) is 9.47 Å². The van der Waals surface area contributed by atoms with Gasteiger partial charge in [-0.1, -0.05) is 27.7 Å². The van der Waals surface area contributed by atoms with Crippen molar-refractivity contribution in [1.82, 2.24) is 0 Å². The molecule has 4 rings (SSSR count). The number of nitro groups is 1. The van der Waals surface area contributed by atoms with E-state index in [0.29, 0.717) is 0 Å². The number of benzene rings is 1. The number of fused-ring (bicyclic) bond motifs is 1. The molecule has 0 bridgehead atoms. The fourth-order valence-electron chi connectivity index (χ4n) is 5.29. The summed E-state index contributed by atoms with van der Waals surface area (Å²) in [4.78, 5) is 51.2. The molecule has 9 nitrogen and oxygen atoms in total. The van der Waals surface area contributed by atoms with Crippen LogP contribution in [-0.4, -0.2) is 34.2 Å². The zero-order valence-corrected chi connectivity index (χ0v) is 19.1. The lowest BCUT2D eigenvalue weighted by Crippen LogP contribution is -2.43. The number of aliphatic hydroxyl groups is 1. The van der Waals surface area contributed by atoms with Crippen molar-refractivity contribution in [1.29, 1.82) is 0 Å². The monoisotopic (exact) mass is 457 g/mol. The Bertz CT molecular complexity index is 1090. The lowest BCUT2D eigenvalue weighted by atomic mass is 9.62. The van der Waals surface area contributed by atoms with Gasteiger partial charge in [0.1, 0.15) is 17.3 Å². The van der Waals surface area contributed by atoms with Crippen molar-refractivity contribution in [2.24, 2.45) is 16.7 Å². The van der Waals surface area contributed by atoms with Crippen LogP contribution in [0, 0.1) is 26.9 Å². The Labute approximate surface area is 190 Å². The molecule has 1 saturated carbocycles. The molecule has 3 aliphatic rings. The van der Waals surface area contributed by atoms with Gasteiger partial charge in [0.2, 0.25) is 6.79 Å². The van der Waals surface area contributed by atoms with Crippen molar-refractivity contribution < 1.29 is 33.9 Å². The van der Waals surface area contributed by atoms with Crippen LogP contribution in [0.4, 0.5) is 5.69 Å². The number of carbonyl (C=O) groups is 3. The molecular weight excluding hydrogens is 430 g/mol. The van der Waals surface area contributed by atoms with E-state index in [1.165, 1.54) is 12.1 Å². The molecule has 0 radical (unpaired) electrons. The van der Waals surface area contributed by atoms with Crippen molar-refractivity contribution >= 4 is 23.0 Å². The van der Waals surface area contributed by atoms with Gasteiger partial charge in [0.15, 0.2) is 17.3 Å². The number of hydrogen-bond acceptors (Lipinski definition) is 8. The quantitative estimate of drug-likeness (QED) is 0.404. The lowest BCUT2D eigenvalue weighted by molar-refractivity contribution is -0.385. The molecule has 1 atom stereocenters. The molecule has 2 aliphatic carbocycles. The molecule has 1 aromatic carbocycles. The molecule has 0 amide bonds. The molecule has 9 heteroatoms. The summed E-state index contributed by atoms with van der Waals surface area (Å²) in [6.07, 6.45) is 0.420. The third-order valence-electron chi connectivity index (χ3n) is 6.59. The standard InChI is InChI=1S/C24H27NO8/c1-23(2)7-14(26)21(15(27)8-23)20(22-16(28)9-24(3,4)10-17(22)29)12-5-18-19(33-11-32-18)6-13(12)25(30)31/h5-6,20-21,28H,7-11H2,1-4H3/t20-/m0/s1. The van der Waals surface area contributed by atoms with Crippen molar-refractivity contribution in [2.75, 3.05) is 6.79 Å². The number of allylic oxidation sites excluding steroid dienone is 2. The molecule has 1 N–H and O–H groups in total. The highest BCUT2D eigenvalue weighted by molar-refractivity contribution is 6.09. The molecule has 0 aromatic heterocycles. The lowest BCUT2D eigenvalue weighted by Gasteiger charge is -2.38. The summed E-state index contributed by atoms with van der Waals surface area (Å²) in [5, 5.41) is 22.9. The predicted octanol–water partition coefficient (Wildman–Crippen LogP) is 4.18. The van der Waals surface area contributed by atoms with Gasteiger partial charge in [-0.2, -0.15) is 0 Å². The Morgan fingerprint density at radius 1 is 0.970 bits per heavy atom. The number of ether oxygens (including phenoxy) is 2. The first-order valence-electron chi connectivity index (χ1n) is 10.9. The van der Waals surface area contributed by atoms with Crippen molar-refractivity contribution in [3.63, 3.8) is 0 Å². The molecule has 0 spiro atoms. The van der Waals surface area contributed by atoms with Crippen LogP contribution in [0.15, 0.2) is 23.5 Å². The fraction of sp³-hybridized carbons (Fsp3) is 0.542. The fourth-order valence-corrected chi connectivity index (χ4v) is 5.29. The summed E-state index contributed by atoms with van der Waals surface area (Å²) >= 11 is 0. The maximum atomic E-state index is 13.3. The van der Waals surface area contributed by atoms with Gasteiger partial charge in [-0.3, -0.25) is 24.5 Å². The minimum absolute atomic E-state index is 0.00902. The molecule has 176 valence electrons. The first-order chi connectivity index (χ1) is 15.3. The Hall–Kier alpha value is -3.23. The Kier molecular flexibility index (Phi) is 5.34. The van der Waals surface area contributed by atoms with Gasteiger partial charge in [-0.25, -0.2) is 0 Å². The number of carbonyl (C=O) groups excluding carboxylic acids is 3. The van der Waals surface area contributed by atoms with Crippen LogP contribution in [-0.2, 0) is 14.4 Å². The highest BCUT2D eigenvalue weighted by atomic mass is 16.7. The number of nitrogens with zero attached hydrogens (tertiary/aromatic N) is 1. The van der Waals surface area contributed by atoms with Crippen molar-refractivity contribution in [3.8, 4) is 11.5 Å². The molecule has 1 aliphatic heterocycles. The van der Waals surface area contributed by atoms with Crippen LogP contribution in [0.5, 0.6) is 11.5 Å². The van der Waals surface area contributed by atoms with Crippen LogP contribution < -0.4 is 9.47 Å². The maximum absolute atomic E-state index is 13.3. The average molecular weight is 457 g/mol. The van der Waals surface area contributed by atoms with Crippen molar-refractivity contribution in [2.45, 2.75) is 59.3 Å². The van der Waals surface area contributed by atoms with Gasteiger partial charge in [-0.05, 0) is 16.9 Å². The predicted molar refractivity (Wildman–Crippen MR) is 116 cm³/mol. The number of aliphatic hydroxyl groups excluding tert-OH is 1. The molecule has 1 heterocycles. The number of hydrogen-bond donors (Lipinski definition) is 1. The van der Waals surface area contributed by atoms with Crippen LogP contribution in [0.3, 0.4) is 0 Å². The topological polar surface area (TPSA) is 133 Å². The molecule has 0 unspecified atom stereocenters. The second-order valence-electron chi connectivity index (χ2n) is 10.7. The zero-order valence-electron chi connectivity index (χ0n) is 19.1. The Morgan fingerprint density at radius 2 is 1.52 bits per heavy atom. The Morgan fingerprint density at radius 3 is 2.06 bits per heavy atom. The molecular formula is C24H27NO8. The second-order valence-corrected chi connectivity index (χ2v) is 10.7. The van der Waals surface area contributed by atoms with Crippen LogP contribution in [0.1, 0.15) is 64.9 Å². The summed E-state index contributed by atoms with van der Waals surface area (Å²) in [7, 11) is 0. The smallest absolute Gasteiger partial charge is 0.277 e. The van der Waals surface area contributed by atoms with E-state index in [1.807, 2.05) is 27.7 Å². The third kappa shape index (κ3) is 4.12. The molecule has 33 heavy (non-hydrogen) atoms. The molecule has 1 fully saturated rings. The van der Waals surface area contributed by atoms with Crippen LogP contribution in [0.25, 0.3) is 0 Å². The summed E-state index contributed by atoms with van der Waals surface area (Å²) in [5.41, 5.74) is -1.57. The summed E-state index contributed by atoms with van der Waals surface area (Å²) in [6.45, 7) is 7.14. The van der Waals surface area contributed by atoms with Gasteiger partial charge in [0, 0.05) is 42.7 Å². The Balaban J connectivity index is 1.96. The SMILES string of the molecule is CC1(C)CC(=O)C([C@@H](C2=C(O)CC(C)(C)CC2=O)c2cc3c(cc2[N+](=O)[O-])OCO3)C(=O)C1. The highest BCUT2D eigenvalue weighted by Gasteiger charge is 2.50. The van der Waals surface area contributed by atoms with Gasteiger partial charge in [0.05, 0.1) is 16.9 Å². The summed E-state index contributed by atoms with van der Waals surface area (Å²) in [5.74, 6) is -3.65. The number of ketones is 3. The highest BCUT2D eigenvalue weighted by Crippen LogP contribution is 2.51. The zero-order chi connectivity index (χ0) is 24.3. The maximum Gasteiger partial charge on any atom is 0.277 e. The van der Waals surface area contributed by atoms with Crippen LogP contribution >= 0.6 is 0 Å². The first-order valence-corrected chi connectivity index (χ1v) is 10.9. The van der Waals surface area contributed by atoms with Gasteiger partial charge >= 0.3 is 0 Å². The van der Waals surface area contributed by atoms with E-state index in [1.54, 1.807) is 0 Å². The van der Waals surface area contributed by atoms with Crippen molar-refractivity contribution in [3.05, 3.63) is 39.1 Å². The normalized spacial score (nSPS) is 23.1. The van der Waals surface area contributed by atoms with E-state index in [-0.39, 0.29) is 60.9 Å². The third-order valence-corrected chi connectivity index (χ3v) is 6.59. The van der Waals surface area contributed by atoms with E-state index in [9.17, 15) is 29.6 Å². The second kappa shape index (κ2) is 7.67. The summed E-state index contributed by atoms with van der Waals surface area (Å²) in [6, 6.07) is 2.54. The first kappa shape index (κ1) is 22.9. The average Bonchev–Trinajstić information content (AvgIpc) is 3.10. The van der Waals surface area contributed by atoms with Gasteiger partial charge < -0.3 is 14.6 Å². The van der Waals surface area contributed by atoms with Gasteiger partial charge in [0.25, 0.3) is 5.69 Å². The van der Waals surface area contributed by atoms with E-state index >= 15 is 0 Å². The van der Waals surface area contributed by atoms with Crippen LogP contribution in [0.2, 0.25) is 0 Å².